The quantitative estimate of drug-likeness (QED) is 0.777. The highest BCUT2D eigenvalue weighted by atomic mass is 35.5. The second kappa shape index (κ2) is 9.06. The van der Waals surface area contributed by atoms with Crippen LogP contribution in [0.4, 0.5) is 5.69 Å². The van der Waals surface area contributed by atoms with Gasteiger partial charge in [-0.2, -0.15) is 0 Å². The maximum atomic E-state index is 12.7. The van der Waals surface area contributed by atoms with E-state index >= 15 is 0 Å². The van der Waals surface area contributed by atoms with Gasteiger partial charge in [-0.1, -0.05) is 54.9 Å². The van der Waals surface area contributed by atoms with Crippen molar-refractivity contribution in [3.8, 4) is 0 Å². The molecule has 3 rings (SSSR count). The van der Waals surface area contributed by atoms with E-state index in [0.29, 0.717) is 6.54 Å². The lowest BCUT2D eigenvalue weighted by Crippen LogP contribution is -2.51. The van der Waals surface area contributed by atoms with Crippen LogP contribution in [-0.2, 0) is 11.3 Å². The fourth-order valence-corrected chi connectivity index (χ4v) is 3.48. The lowest BCUT2D eigenvalue weighted by Gasteiger charge is -2.37. The van der Waals surface area contributed by atoms with Crippen molar-refractivity contribution in [1.82, 2.24) is 9.80 Å². The Morgan fingerprint density at radius 2 is 1.77 bits per heavy atom. The predicted molar refractivity (Wildman–Crippen MR) is 108 cm³/mol. The Bertz CT molecular complexity index is 714. The summed E-state index contributed by atoms with van der Waals surface area (Å²) < 4.78 is 0. The van der Waals surface area contributed by atoms with Crippen LogP contribution in [-0.4, -0.2) is 55.0 Å². The van der Waals surface area contributed by atoms with Crippen LogP contribution in [0.3, 0.4) is 0 Å². The van der Waals surface area contributed by atoms with Crippen molar-refractivity contribution in [2.75, 3.05) is 44.2 Å². The van der Waals surface area contributed by atoms with Gasteiger partial charge < -0.3 is 9.80 Å². The SMILES string of the molecule is CCN(CC(=O)N1CCN(c2cccc(Cl)c2)CC1)Cc1ccccc1. The summed E-state index contributed by atoms with van der Waals surface area (Å²) in [6, 6.07) is 18.2. The number of halogens is 1. The van der Waals surface area contributed by atoms with Crippen LogP contribution in [0.25, 0.3) is 0 Å². The molecule has 4 nitrogen and oxygen atoms in total. The topological polar surface area (TPSA) is 26.8 Å². The molecule has 0 aromatic heterocycles. The second-order valence-corrected chi connectivity index (χ2v) is 7.07. The molecule has 0 aliphatic carbocycles. The summed E-state index contributed by atoms with van der Waals surface area (Å²) >= 11 is 6.09. The minimum atomic E-state index is 0.216. The first-order valence-corrected chi connectivity index (χ1v) is 9.58. The zero-order valence-corrected chi connectivity index (χ0v) is 16.0. The van der Waals surface area contributed by atoms with Gasteiger partial charge in [0.25, 0.3) is 0 Å². The maximum Gasteiger partial charge on any atom is 0.236 e. The highest BCUT2D eigenvalue weighted by molar-refractivity contribution is 6.30. The highest BCUT2D eigenvalue weighted by Gasteiger charge is 2.22. The van der Waals surface area contributed by atoms with E-state index in [-0.39, 0.29) is 5.91 Å². The fourth-order valence-electron chi connectivity index (χ4n) is 3.30. The van der Waals surface area contributed by atoms with Crippen molar-refractivity contribution in [2.45, 2.75) is 13.5 Å². The van der Waals surface area contributed by atoms with E-state index in [4.69, 9.17) is 11.6 Å². The van der Waals surface area contributed by atoms with Crippen molar-refractivity contribution >= 4 is 23.2 Å². The average molecular weight is 372 g/mol. The summed E-state index contributed by atoms with van der Waals surface area (Å²) in [5.41, 5.74) is 2.37. The fraction of sp³-hybridized carbons (Fsp3) is 0.381. The van der Waals surface area contributed by atoms with E-state index in [9.17, 15) is 4.79 Å². The Balaban J connectivity index is 1.51. The largest absolute Gasteiger partial charge is 0.368 e. The van der Waals surface area contributed by atoms with Gasteiger partial charge >= 0.3 is 0 Å². The van der Waals surface area contributed by atoms with Gasteiger partial charge in [0.15, 0.2) is 0 Å². The van der Waals surface area contributed by atoms with E-state index in [1.54, 1.807) is 0 Å². The Morgan fingerprint density at radius 1 is 1.04 bits per heavy atom. The molecule has 138 valence electrons. The minimum absolute atomic E-state index is 0.216. The molecule has 2 aromatic carbocycles. The maximum absolute atomic E-state index is 12.7. The molecular weight excluding hydrogens is 346 g/mol. The van der Waals surface area contributed by atoms with Crippen LogP contribution in [0.1, 0.15) is 12.5 Å². The Hall–Kier alpha value is -2.04. The Morgan fingerprint density at radius 3 is 2.42 bits per heavy atom. The van der Waals surface area contributed by atoms with Gasteiger partial charge in [0.2, 0.25) is 5.91 Å². The number of likely N-dealkylation sites (N-methyl/N-ethyl adjacent to an activating group) is 1. The summed E-state index contributed by atoms with van der Waals surface area (Å²) in [5.74, 6) is 0.216. The molecule has 0 atom stereocenters. The first-order chi connectivity index (χ1) is 12.7. The summed E-state index contributed by atoms with van der Waals surface area (Å²) in [6.07, 6.45) is 0. The van der Waals surface area contributed by atoms with Crippen molar-refractivity contribution in [1.29, 1.82) is 0 Å². The lowest BCUT2D eigenvalue weighted by atomic mass is 10.2. The number of hydrogen-bond acceptors (Lipinski definition) is 3. The summed E-state index contributed by atoms with van der Waals surface area (Å²) in [7, 11) is 0. The number of hydrogen-bond donors (Lipinski definition) is 0. The molecule has 5 heteroatoms. The molecule has 0 radical (unpaired) electrons. The average Bonchev–Trinajstić information content (AvgIpc) is 2.68. The van der Waals surface area contributed by atoms with Crippen LogP contribution >= 0.6 is 11.6 Å². The van der Waals surface area contributed by atoms with E-state index in [0.717, 1.165) is 50.0 Å². The smallest absolute Gasteiger partial charge is 0.236 e. The lowest BCUT2D eigenvalue weighted by molar-refractivity contribution is -0.132. The van der Waals surface area contributed by atoms with Gasteiger partial charge in [-0.3, -0.25) is 9.69 Å². The normalized spacial score (nSPS) is 14.7. The molecule has 2 aromatic rings. The van der Waals surface area contributed by atoms with Crippen molar-refractivity contribution < 1.29 is 4.79 Å². The van der Waals surface area contributed by atoms with Crippen LogP contribution in [0, 0.1) is 0 Å². The van der Waals surface area contributed by atoms with Gasteiger partial charge in [-0.15, -0.1) is 0 Å². The van der Waals surface area contributed by atoms with Crippen molar-refractivity contribution in [3.05, 3.63) is 65.2 Å². The predicted octanol–water partition coefficient (Wildman–Crippen LogP) is 3.51. The van der Waals surface area contributed by atoms with E-state index in [2.05, 4.69) is 34.9 Å². The van der Waals surface area contributed by atoms with Gasteiger partial charge in [-0.05, 0) is 30.3 Å². The Kier molecular flexibility index (Phi) is 6.53. The van der Waals surface area contributed by atoms with Crippen LogP contribution < -0.4 is 4.90 Å². The molecule has 0 bridgehead atoms. The number of carbonyl (C=O) groups is 1. The standard InChI is InChI=1S/C21H26ClN3O/c1-2-23(16-18-7-4-3-5-8-18)17-21(26)25-13-11-24(12-14-25)20-10-6-9-19(22)15-20/h3-10,15H,2,11-14,16-17H2,1H3. The summed E-state index contributed by atoms with van der Waals surface area (Å²) in [6.45, 7) is 7.46. The van der Waals surface area contributed by atoms with Gasteiger partial charge in [-0.25, -0.2) is 0 Å². The van der Waals surface area contributed by atoms with E-state index in [1.165, 1.54) is 5.56 Å². The van der Waals surface area contributed by atoms with Crippen molar-refractivity contribution in [2.24, 2.45) is 0 Å². The van der Waals surface area contributed by atoms with Crippen LogP contribution in [0.2, 0.25) is 5.02 Å². The number of benzene rings is 2. The molecular formula is C21H26ClN3O. The van der Waals surface area contributed by atoms with Crippen LogP contribution in [0.5, 0.6) is 0 Å². The number of rotatable bonds is 6. The molecule has 1 aliphatic heterocycles. The molecule has 0 spiro atoms. The van der Waals surface area contributed by atoms with Gasteiger partial charge in [0.05, 0.1) is 6.54 Å². The molecule has 0 unspecified atom stereocenters. The molecule has 1 amide bonds. The zero-order chi connectivity index (χ0) is 18.4. The number of nitrogens with zero attached hydrogens (tertiary/aromatic N) is 3. The molecule has 0 N–H and O–H groups in total. The minimum Gasteiger partial charge on any atom is -0.368 e. The van der Waals surface area contributed by atoms with Crippen LogP contribution in [0.15, 0.2) is 54.6 Å². The number of anilines is 1. The zero-order valence-electron chi connectivity index (χ0n) is 15.3. The molecule has 1 saturated heterocycles. The first kappa shape index (κ1) is 18.7. The van der Waals surface area contributed by atoms with Gasteiger partial charge in [0, 0.05) is 43.4 Å². The third kappa shape index (κ3) is 4.99. The highest BCUT2D eigenvalue weighted by Crippen LogP contribution is 2.20. The Labute approximate surface area is 161 Å². The van der Waals surface area contributed by atoms with Gasteiger partial charge in [0.1, 0.15) is 0 Å². The van der Waals surface area contributed by atoms with E-state index in [1.807, 2.05) is 41.3 Å². The second-order valence-electron chi connectivity index (χ2n) is 6.64. The third-order valence-electron chi connectivity index (χ3n) is 4.86. The summed E-state index contributed by atoms with van der Waals surface area (Å²) in [4.78, 5) is 19.2. The number of piperazine rings is 1. The number of carbonyl (C=O) groups excluding carboxylic acids is 1. The number of amides is 1. The molecule has 1 aliphatic rings. The molecule has 1 heterocycles. The monoisotopic (exact) mass is 371 g/mol. The van der Waals surface area contributed by atoms with E-state index < -0.39 is 0 Å². The first-order valence-electron chi connectivity index (χ1n) is 9.20. The third-order valence-corrected chi connectivity index (χ3v) is 5.10. The molecule has 0 saturated carbocycles. The van der Waals surface area contributed by atoms with Crippen molar-refractivity contribution in [3.63, 3.8) is 0 Å². The molecule has 1 fully saturated rings. The molecule has 26 heavy (non-hydrogen) atoms. The summed E-state index contributed by atoms with van der Waals surface area (Å²) in [5, 5.41) is 0.750.